The summed E-state index contributed by atoms with van der Waals surface area (Å²) < 4.78 is 28.2. The quantitative estimate of drug-likeness (QED) is 0.890. The summed E-state index contributed by atoms with van der Waals surface area (Å²) in [4.78, 5) is -0.00227. The molecule has 0 heterocycles. The van der Waals surface area contributed by atoms with E-state index in [1.165, 1.54) is 13.2 Å². The van der Waals surface area contributed by atoms with Gasteiger partial charge in [-0.1, -0.05) is 0 Å². The second kappa shape index (κ2) is 4.18. The third-order valence-corrected chi connectivity index (χ3v) is 4.00. The minimum Gasteiger partial charge on any atom is -0.496 e. The average molecular weight is 345 g/mol. The maximum atomic E-state index is 11.1. The van der Waals surface area contributed by atoms with Crippen molar-refractivity contribution in [2.24, 2.45) is 5.14 Å². The molecule has 78 valence electrons. The van der Waals surface area contributed by atoms with Crippen LogP contribution < -0.4 is 9.88 Å². The third kappa shape index (κ3) is 2.47. The smallest absolute Gasteiger partial charge is 0.239 e. The number of nitrogens with two attached hydrogens (primary N) is 1. The van der Waals surface area contributed by atoms with Crippen molar-refractivity contribution >= 4 is 41.9 Å². The van der Waals surface area contributed by atoms with Crippen molar-refractivity contribution in [3.8, 4) is 5.75 Å². The number of benzene rings is 1. The number of hydrogen-bond acceptors (Lipinski definition) is 3. The zero-order chi connectivity index (χ0) is 10.9. The molecule has 0 radical (unpaired) electrons. The van der Waals surface area contributed by atoms with Crippen LogP contribution in [0.15, 0.2) is 26.0 Å². The van der Waals surface area contributed by atoms with E-state index in [2.05, 4.69) is 31.9 Å². The highest BCUT2D eigenvalue weighted by Crippen LogP contribution is 2.33. The molecule has 7 heteroatoms. The molecule has 0 aromatic heterocycles. The molecule has 0 saturated heterocycles. The van der Waals surface area contributed by atoms with Crippen molar-refractivity contribution in [3.05, 3.63) is 21.1 Å². The maximum Gasteiger partial charge on any atom is 0.239 e. The summed E-state index contributed by atoms with van der Waals surface area (Å²) in [7, 11) is -2.29. The monoisotopic (exact) mass is 343 g/mol. The highest BCUT2D eigenvalue weighted by atomic mass is 79.9. The first-order valence-electron chi connectivity index (χ1n) is 3.42. The van der Waals surface area contributed by atoms with Crippen LogP contribution in [0.5, 0.6) is 5.75 Å². The van der Waals surface area contributed by atoms with E-state index < -0.39 is 10.0 Å². The number of hydrogen-bond donors (Lipinski definition) is 1. The van der Waals surface area contributed by atoms with Gasteiger partial charge >= 0.3 is 0 Å². The fourth-order valence-corrected chi connectivity index (χ4v) is 3.32. The molecule has 1 rings (SSSR count). The van der Waals surface area contributed by atoms with E-state index in [1.807, 2.05) is 0 Å². The fraction of sp³-hybridized carbons (Fsp3) is 0.143. The third-order valence-electron chi connectivity index (χ3n) is 1.51. The van der Waals surface area contributed by atoms with Gasteiger partial charge in [0.05, 0.1) is 16.5 Å². The van der Waals surface area contributed by atoms with Gasteiger partial charge in [0.1, 0.15) is 5.75 Å². The normalized spacial score (nSPS) is 11.4. The molecule has 0 spiro atoms. The molecule has 2 N–H and O–H groups in total. The lowest BCUT2D eigenvalue weighted by atomic mass is 10.3. The van der Waals surface area contributed by atoms with E-state index in [-0.39, 0.29) is 4.90 Å². The Morgan fingerprint density at radius 1 is 1.29 bits per heavy atom. The summed E-state index contributed by atoms with van der Waals surface area (Å²) in [6.45, 7) is 0. The first-order chi connectivity index (χ1) is 6.36. The predicted octanol–water partition coefficient (Wildman–Crippen LogP) is 1.87. The Morgan fingerprint density at radius 3 is 2.29 bits per heavy atom. The molecule has 0 bridgehead atoms. The minimum atomic E-state index is -3.73. The number of rotatable bonds is 2. The number of halogens is 2. The van der Waals surface area contributed by atoms with Gasteiger partial charge in [0.2, 0.25) is 10.0 Å². The van der Waals surface area contributed by atoms with Crippen molar-refractivity contribution in [2.45, 2.75) is 4.90 Å². The molecule has 0 unspecified atom stereocenters. The van der Waals surface area contributed by atoms with Crippen LogP contribution in [0.4, 0.5) is 0 Å². The van der Waals surface area contributed by atoms with Gasteiger partial charge in [0, 0.05) is 10.5 Å². The number of ether oxygens (including phenoxy) is 1. The Kier molecular flexibility index (Phi) is 3.57. The fourth-order valence-electron chi connectivity index (χ4n) is 0.885. The van der Waals surface area contributed by atoms with E-state index in [0.29, 0.717) is 14.7 Å². The van der Waals surface area contributed by atoms with E-state index in [4.69, 9.17) is 9.88 Å². The molecule has 14 heavy (non-hydrogen) atoms. The SMILES string of the molecule is COc1cc(S(N)(=O)=O)c(Br)cc1Br. The van der Waals surface area contributed by atoms with Crippen LogP contribution in [-0.2, 0) is 10.0 Å². The Hall–Kier alpha value is -0.110. The van der Waals surface area contributed by atoms with Crippen LogP contribution in [0.2, 0.25) is 0 Å². The second-order valence-electron chi connectivity index (χ2n) is 2.46. The summed E-state index contributed by atoms with van der Waals surface area (Å²) >= 11 is 6.32. The topological polar surface area (TPSA) is 69.4 Å². The molecule has 1 aromatic carbocycles. The second-order valence-corrected chi connectivity index (χ2v) is 5.70. The van der Waals surface area contributed by atoms with Crippen molar-refractivity contribution in [1.29, 1.82) is 0 Å². The highest BCUT2D eigenvalue weighted by Gasteiger charge is 2.15. The van der Waals surface area contributed by atoms with Gasteiger partial charge in [0.15, 0.2) is 0 Å². The number of primary sulfonamides is 1. The summed E-state index contributed by atoms with van der Waals surface area (Å²) in [5, 5.41) is 5.00. The van der Waals surface area contributed by atoms with E-state index in [9.17, 15) is 8.42 Å². The van der Waals surface area contributed by atoms with E-state index >= 15 is 0 Å². The van der Waals surface area contributed by atoms with Gasteiger partial charge in [-0.25, -0.2) is 13.6 Å². The Balaban J connectivity index is 3.47. The van der Waals surface area contributed by atoms with Gasteiger partial charge in [0.25, 0.3) is 0 Å². The summed E-state index contributed by atoms with van der Waals surface area (Å²) in [6, 6.07) is 2.92. The van der Waals surface area contributed by atoms with Crippen molar-refractivity contribution in [3.63, 3.8) is 0 Å². The van der Waals surface area contributed by atoms with Crippen LogP contribution >= 0.6 is 31.9 Å². The Bertz CT molecular complexity index is 458. The number of methoxy groups -OCH3 is 1. The predicted molar refractivity (Wildman–Crippen MR) is 59.8 cm³/mol. The Labute approximate surface area is 98.7 Å². The molecular formula is C7H7Br2NO3S. The molecule has 1 aromatic rings. The van der Waals surface area contributed by atoms with Crippen molar-refractivity contribution in [1.82, 2.24) is 0 Å². The van der Waals surface area contributed by atoms with Crippen LogP contribution in [-0.4, -0.2) is 15.5 Å². The van der Waals surface area contributed by atoms with Crippen LogP contribution in [0.1, 0.15) is 0 Å². The van der Waals surface area contributed by atoms with Gasteiger partial charge in [-0.05, 0) is 37.9 Å². The first kappa shape index (κ1) is 12.0. The first-order valence-corrected chi connectivity index (χ1v) is 6.55. The maximum absolute atomic E-state index is 11.1. The average Bonchev–Trinajstić information content (AvgIpc) is 2.02. The van der Waals surface area contributed by atoms with Gasteiger partial charge in [-0.2, -0.15) is 0 Å². The lowest BCUT2D eigenvalue weighted by Gasteiger charge is -2.07. The van der Waals surface area contributed by atoms with Crippen LogP contribution in [0, 0.1) is 0 Å². The Morgan fingerprint density at radius 2 is 1.86 bits per heavy atom. The highest BCUT2D eigenvalue weighted by molar-refractivity contribution is 9.11. The van der Waals surface area contributed by atoms with Gasteiger partial charge < -0.3 is 4.74 Å². The summed E-state index contributed by atoms with van der Waals surface area (Å²) in [6.07, 6.45) is 0. The standard InChI is InChI=1S/C7H7Br2NO3S/c1-13-6-3-7(14(10,11)12)5(9)2-4(6)8/h2-3H,1H3,(H2,10,11,12). The molecule has 4 nitrogen and oxygen atoms in total. The van der Waals surface area contributed by atoms with E-state index in [0.717, 1.165) is 0 Å². The van der Waals surface area contributed by atoms with Crippen molar-refractivity contribution < 1.29 is 13.2 Å². The van der Waals surface area contributed by atoms with E-state index in [1.54, 1.807) is 6.07 Å². The lowest BCUT2D eigenvalue weighted by Crippen LogP contribution is -2.13. The summed E-state index contributed by atoms with van der Waals surface area (Å²) in [5.74, 6) is 0.414. The molecule has 0 aliphatic carbocycles. The summed E-state index contributed by atoms with van der Waals surface area (Å²) in [5.41, 5.74) is 0. The van der Waals surface area contributed by atoms with Crippen molar-refractivity contribution in [2.75, 3.05) is 7.11 Å². The van der Waals surface area contributed by atoms with Gasteiger partial charge in [-0.3, -0.25) is 0 Å². The largest absolute Gasteiger partial charge is 0.496 e. The molecule has 0 aliphatic rings. The zero-order valence-corrected chi connectivity index (χ0v) is 11.1. The van der Waals surface area contributed by atoms with Crippen LogP contribution in [0.25, 0.3) is 0 Å². The molecule has 0 fully saturated rings. The molecule has 0 amide bonds. The lowest BCUT2D eigenvalue weighted by molar-refractivity contribution is 0.410. The van der Waals surface area contributed by atoms with Gasteiger partial charge in [-0.15, -0.1) is 0 Å². The number of sulfonamides is 1. The molecular weight excluding hydrogens is 338 g/mol. The molecule has 0 aliphatic heterocycles. The zero-order valence-electron chi connectivity index (χ0n) is 7.12. The molecule has 0 atom stereocenters. The minimum absolute atomic E-state index is 0.00227. The molecule has 0 saturated carbocycles. The van der Waals surface area contributed by atoms with Crippen LogP contribution in [0.3, 0.4) is 0 Å².